The molecule has 2 nitrogen and oxygen atoms in total. The van der Waals surface area contributed by atoms with Crippen LogP contribution in [0.3, 0.4) is 0 Å². The quantitative estimate of drug-likeness (QED) is 0.701. The summed E-state index contributed by atoms with van der Waals surface area (Å²) in [5.41, 5.74) is 0.199. The maximum atomic E-state index is 9.58. The largest absolute Gasteiger partial charge is 0.396 e. The minimum atomic E-state index is 0.199. The number of rotatable bonds is 7. The van der Waals surface area contributed by atoms with Crippen LogP contribution in [-0.2, 0) is 0 Å². The van der Waals surface area contributed by atoms with E-state index in [1.54, 1.807) is 0 Å². The standard InChI is InChI=1S/C14H29NO/c1-3-13(4-2)10-15-11-14(12-16)8-6-5-7-9-14/h13,15-16H,3-12H2,1-2H3. The molecule has 0 atom stereocenters. The van der Waals surface area contributed by atoms with Gasteiger partial charge in [-0.2, -0.15) is 0 Å². The van der Waals surface area contributed by atoms with Gasteiger partial charge in [0, 0.05) is 18.6 Å². The zero-order chi connectivity index (χ0) is 11.9. The van der Waals surface area contributed by atoms with Crippen molar-refractivity contribution in [1.29, 1.82) is 0 Å². The Balaban J connectivity index is 2.27. The average Bonchev–Trinajstić information content (AvgIpc) is 2.36. The summed E-state index contributed by atoms with van der Waals surface area (Å²) in [6.45, 7) is 7.02. The molecule has 1 rings (SSSR count). The molecule has 0 bridgehead atoms. The van der Waals surface area contributed by atoms with Crippen molar-refractivity contribution < 1.29 is 5.11 Å². The molecule has 1 aliphatic carbocycles. The van der Waals surface area contributed by atoms with Gasteiger partial charge in [0.15, 0.2) is 0 Å². The predicted octanol–water partition coefficient (Wildman–Crippen LogP) is 2.96. The van der Waals surface area contributed by atoms with E-state index in [1.807, 2.05) is 0 Å². The van der Waals surface area contributed by atoms with E-state index >= 15 is 0 Å². The Morgan fingerprint density at radius 1 is 1.12 bits per heavy atom. The van der Waals surface area contributed by atoms with Crippen molar-refractivity contribution in [3.05, 3.63) is 0 Å². The molecule has 1 fully saturated rings. The predicted molar refractivity (Wildman–Crippen MR) is 69.5 cm³/mol. The number of hydrogen-bond donors (Lipinski definition) is 2. The lowest BCUT2D eigenvalue weighted by atomic mass is 9.74. The van der Waals surface area contributed by atoms with Gasteiger partial charge in [-0.05, 0) is 25.3 Å². The van der Waals surface area contributed by atoms with E-state index in [9.17, 15) is 5.11 Å². The third-order valence-electron chi connectivity index (χ3n) is 4.34. The number of aliphatic hydroxyl groups excluding tert-OH is 1. The van der Waals surface area contributed by atoms with Gasteiger partial charge >= 0.3 is 0 Å². The number of nitrogens with one attached hydrogen (secondary N) is 1. The molecule has 0 aromatic heterocycles. The summed E-state index contributed by atoms with van der Waals surface area (Å²) >= 11 is 0. The van der Waals surface area contributed by atoms with E-state index in [1.165, 1.54) is 44.9 Å². The highest BCUT2D eigenvalue weighted by atomic mass is 16.3. The van der Waals surface area contributed by atoms with E-state index in [4.69, 9.17) is 0 Å². The van der Waals surface area contributed by atoms with E-state index in [2.05, 4.69) is 19.2 Å². The van der Waals surface area contributed by atoms with Crippen molar-refractivity contribution in [2.75, 3.05) is 19.7 Å². The molecule has 0 radical (unpaired) electrons. The summed E-state index contributed by atoms with van der Waals surface area (Å²) in [5.74, 6) is 0.805. The Labute approximate surface area is 101 Å². The molecular formula is C14H29NO. The van der Waals surface area contributed by atoms with Gasteiger partial charge in [-0.1, -0.05) is 46.0 Å². The van der Waals surface area contributed by atoms with Crippen LogP contribution in [0.2, 0.25) is 0 Å². The highest BCUT2D eigenvalue weighted by Gasteiger charge is 2.30. The van der Waals surface area contributed by atoms with Crippen molar-refractivity contribution in [1.82, 2.24) is 5.32 Å². The first kappa shape index (κ1) is 14.0. The van der Waals surface area contributed by atoms with Crippen LogP contribution in [0.1, 0.15) is 58.8 Å². The molecule has 0 aromatic carbocycles. The molecular weight excluding hydrogens is 198 g/mol. The zero-order valence-corrected chi connectivity index (χ0v) is 11.1. The Hall–Kier alpha value is -0.0800. The van der Waals surface area contributed by atoms with Crippen LogP contribution in [0, 0.1) is 11.3 Å². The molecule has 0 aromatic rings. The highest BCUT2D eigenvalue weighted by Crippen LogP contribution is 2.35. The summed E-state index contributed by atoms with van der Waals surface area (Å²) in [6, 6.07) is 0. The minimum Gasteiger partial charge on any atom is -0.396 e. The molecule has 1 aliphatic rings. The zero-order valence-electron chi connectivity index (χ0n) is 11.1. The second kappa shape index (κ2) is 7.29. The Morgan fingerprint density at radius 3 is 2.25 bits per heavy atom. The maximum absolute atomic E-state index is 9.58. The van der Waals surface area contributed by atoms with E-state index in [-0.39, 0.29) is 5.41 Å². The van der Waals surface area contributed by atoms with Gasteiger partial charge < -0.3 is 10.4 Å². The normalized spacial score (nSPS) is 20.2. The van der Waals surface area contributed by atoms with Crippen LogP contribution in [0.4, 0.5) is 0 Å². The second-order valence-corrected chi connectivity index (χ2v) is 5.53. The van der Waals surface area contributed by atoms with Crippen molar-refractivity contribution >= 4 is 0 Å². The minimum absolute atomic E-state index is 0.199. The van der Waals surface area contributed by atoms with Crippen LogP contribution in [0.5, 0.6) is 0 Å². The second-order valence-electron chi connectivity index (χ2n) is 5.53. The monoisotopic (exact) mass is 227 g/mol. The van der Waals surface area contributed by atoms with Gasteiger partial charge in [0.2, 0.25) is 0 Å². The lowest BCUT2D eigenvalue weighted by Crippen LogP contribution is -2.40. The molecule has 1 saturated carbocycles. The number of hydrogen-bond acceptors (Lipinski definition) is 2. The third-order valence-corrected chi connectivity index (χ3v) is 4.34. The van der Waals surface area contributed by atoms with Crippen molar-refractivity contribution in [3.63, 3.8) is 0 Å². The van der Waals surface area contributed by atoms with Gasteiger partial charge in [-0.25, -0.2) is 0 Å². The topological polar surface area (TPSA) is 32.3 Å². The average molecular weight is 227 g/mol. The molecule has 2 heteroatoms. The van der Waals surface area contributed by atoms with E-state index in [0.29, 0.717) is 6.61 Å². The molecule has 0 spiro atoms. The molecule has 16 heavy (non-hydrogen) atoms. The SMILES string of the molecule is CCC(CC)CNCC1(CO)CCCCC1. The van der Waals surface area contributed by atoms with Crippen molar-refractivity contribution in [2.45, 2.75) is 58.8 Å². The van der Waals surface area contributed by atoms with Gasteiger partial charge in [0.25, 0.3) is 0 Å². The Kier molecular flexibility index (Phi) is 6.37. The maximum Gasteiger partial charge on any atom is 0.0499 e. The lowest BCUT2D eigenvalue weighted by Gasteiger charge is -2.36. The van der Waals surface area contributed by atoms with Crippen molar-refractivity contribution in [2.24, 2.45) is 11.3 Å². The summed E-state index contributed by atoms with van der Waals surface area (Å²) in [6.07, 6.45) is 8.89. The first-order chi connectivity index (χ1) is 7.76. The van der Waals surface area contributed by atoms with Crippen LogP contribution in [0.15, 0.2) is 0 Å². The molecule has 0 unspecified atom stereocenters. The van der Waals surface area contributed by atoms with Crippen LogP contribution >= 0.6 is 0 Å². The molecule has 0 aliphatic heterocycles. The molecule has 2 N–H and O–H groups in total. The van der Waals surface area contributed by atoms with Crippen LogP contribution in [0.25, 0.3) is 0 Å². The highest BCUT2D eigenvalue weighted by molar-refractivity contribution is 4.84. The summed E-state index contributed by atoms with van der Waals surface area (Å²) in [7, 11) is 0. The van der Waals surface area contributed by atoms with Crippen LogP contribution < -0.4 is 5.32 Å². The molecule has 96 valence electrons. The first-order valence-electron chi connectivity index (χ1n) is 7.08. The number of aliphatic hydroxyl groups is 1. The summed E-state index contributed by atoms with van der Waals surface area (Å²) < 4.78 is 0. The van der Waals surface area contributed by atoms with E-state index in [0.717, 1.165) is 19.0 Å². The van der Waals surface area contributed by atoms with Crippen molar-refractivity contribution in [3.8, 4) is 0 Å². The van der Waals surface area contributed by atoms with Gasteiger partial charge in [-0.15, -0.1) is 0 Å². The molecule has 0 amide bonds. The smallest absolute Gasteiger partial charge is 0.0499 e. The lowest BCUT2D eigenvalue weighted by molar-refractivity contribution is 0.0802. The summed E-state index contributed by atoms with van der Waals surface area (Å²) in [4.78, 5) is 0. The molecule has 0 heterocycles. The molecule has 0 saturated heterocycles. The third kappa shape index (κ3) is 4.06. The Morgan fingerprint density at radius 2 is 1.75 bits per heavy atom. The Bertz CT molecular complexity index is 172. The summed E-state index contributed by atoms with van der Waals surface area (Å²) in [5, 5.41) is 13.2. The fourth-order valence-electron chi connectivity index (χ4n) is 2.81. The fourth-order valence-corrected chi connectivity index (χ4v) is 2.81. The first-order valence-corrected chi connectivity index (χ1v) is 7.08. The van der Waals surface area contributed by atoms with Crippen LogP contribution in [-0.4, -0.2) is 24.8 Å². The van der Waals surface area contributed by atoms with Gasteiger partial charge in [-0.3, -0.25) is 0 Å². The van der Waals surface area contributed by atoms with Gasteiger partial charge in [0.05, 0.1) is 0 Å². The van der Waals surface area contributed by atoms with Gasteiger partial charge in [0.1, 0.15) is 0 Å². The fraction of sp³-hybridized carbons (Fsp3) is 1.00. The van der Waals surface area contributed by atoms with E-state index < -0.39 is 0 Å².